The lowest BCUT2D eigenvalue weighted by Crippen LogP contribution is -1.98. The molecule has 0 bridgehead atoms. The highest BCUT2D eigenvalue weighted by atomic mass is 15.0. The zero-order chi connectivity index (χ0) is 31.3. The van der Waals surface area contributed by atoms with Gasteiger partial charge < -0.3 is 9.13 Å². The Morgan fingerprint density at radius 3 is 1.40 bits per heavy atom. The van der Waals surface area contributed by atoms with Gasteiger partial charge >= 0.3 is 0 Å². The summed E-state index contributed by atoms with van der Waals surface area (Å²) in [5.41, 5.74) is 7.25. The molecule has 222 valence electrons. The van der Waals surface area contributed by atoms with Gasteiger partial charge in [0, 0.05) is 43.7 Å². The first-order valence-corrected chi connectivity index (χ1v) is 16.6. The van der Waals surface area contributed by atoms with Crippen molar-refractivity contribution in [3.05, 3.63) is 170 Å². The fraction of sp³-hybridized carbons (Fsp3) is 0. The summed E-state index contributed by atoms with van der Waals surface area (Å²) in [5, 5.41) is 15.4. The molecule has 0 aliphatic carbocycles. The first-order chi connectivity index (χ1) is 23.8. The summed E-state index contributed by atoms with van der Waals surface area (Å²) in [6, 6.07) is 62.4. The molecule has 0 aliphatic heterocycles. The first-order valence-electron chi connectivity index (χ1n) is 16.6. The lowest BCUT2D eigenvalue weighted by molar-refractivity contribution is 1.15. The Morgan fingerprint density at radius 1 is 0.250 bits per heavy atom. The maximum atomic E-state index is 2.49. The molecule has 0 radical (unpaired) electrons. The molecule has 0 atom stereocenters. The highest BCUT2D eigenvalue weighted by Crippen LogP contribution is 2.44. The van der Waals surface area contributed by atoms with Crippen LogP contribution in [-0.2, 0) is 0 Å². The Hall–Kier alpha value is -6.38. The molecule has 11 rings (SSSR count). The van der Waals surface area contributed by atoms with Gasteiger partial charge in [0.2, 0.25) is 0 Å². The number of para-hydroxylation sites is 2. The summed E-state index contributed by atoms with van der Waals surface area (Å²) < 4.78 is 4.93. The van der Waals surface area contributed by atoms with Gasteiger partial charge in [0.05, 0.1) is 22.1 Å². The van der Waals surface area contributed by atoms with Crippen molar-refractivity contribution in [2.45, 2.75) is 0 Å². The van der Waals surface area contributed by atoms with Crippen molar-refractivity contribution >= 4 is 86.7 Å². The number of hydrogen-bond donors (Lipinski definition) is 0. The van der Waals surface area contributed by atoms with Gasteiger partial charge in [-0.3, -0.25) is 0 Å². The maximum absolute atomic E-state index is 2.49. The van der Waals surface area contributed by atoms with Crippen molar-refractivity contribution in [3.8, 4) is 11.4 Å². The molecule has 2 aromatic heterocycles. The van der Waals surface area contributed by atoms with Crippen LogP contribution in [0.1, 0.15) is 0 Å². The van der Waals surface area contributed by atoms with Gasteiger partial charge in [-0.1, -0.05) is 133 Å². The molecule has 0 amide bonds. The molecule has 0 spiro atoms. The van der Waals surface area contributed by atoms with E-state index in [0.717, 1.165) is 11.4 Å². The van der Waals surface area contributed by atoms with E-state index < -0.39 is 0 Å². The molecule has 0 saturated carbocycles. The fourth-order valence-electron chi connectivity index (χ4n) is 8.46. The van der Waals surface area contributed by atoms with Crippen molar-refractivity contribution in [1.82, 2.24) is 9.13 Å². The van der Waals surface area contributed by atoms with Gasteiger partial charge in [-0.2, -0.15) is 0 Å². The predicted molar refractivity (Wildman–Crippen MR) is 205 cm³/mol. The number of rotatable bonds is 2. The van der Waals surface area contributed by atoms with Crippen molar-refractivity contribution in [3.63, 3.8) is 0 Å². The SMILES string of the molecule is c1ccc2c(c1)ccc1c2c2ccccc2c2c3ccccc3n(-c3ccc(-n4c5ccccc5c5ccc6ccccc6c54)cc3)c12. The third-order valence-corrected chi connectivity index (χ3v) is 10.5. The summed E-state index contributed by atoms with van der Waals surface area (Å²) in [5.74, 6) is 0. The second-order valence-corrected chi connectivity index (χ2v) is 12.9. The molecule has 2 heterocycles. The van der Waals surface area contributed by atoms with E-state index in [9.17, 15) is 0 Å². The first kappa shape index (κ1) is 25.8. The normalized spacial score (nSPS) is 12.2. The molecular weight excluding hydrogens is 581 g/mol. The van der Waals surface area contributed by atoms with Crippen LogP contribution in [0.4, 0.5) is 0 Å². The van der Waals surface area contributed by atoms with Crippen LogP contribution in [-0.4, -0.2) is 9.13 Å². The predicted octanol–water partition coefficient (Wildman–Crippen LogP) is 12.5. The highest BCUT2D eigenvalue weighted by Gasteiger charge is 2.20. The fourth-order valence-corrected chi connectivity index (χ4v) is 8.46. The molecule has 2 nitrogen and oxygen atoms in total. The molecular formula is C46H28N2. The summed E-state index contributed by atoms with van der Waals surface area (Å²) >= 11 is 0. The van der Waals surface area contributed by atoms with Gasteiger partial charge in [-0.15, -0.1) is 0 Å². The van der Waals surface area contributed by atoms with Gasteiger partial charge in [-0.25, -0.2) is 0 Å². The topological polar surface area (TPSA) is 9.86 Å². The number of nitrogens with zero attached hydrogens (tertiary/aromatic N) is 2. The van der Waals surface area contributed by atoms with Crippen LogP contribution in [0.25, 0.3) is 98.1 Å². The molecule has 48 heavy (non-hydrogen) atoms. The third-order valence-electron chi connectivity index (χ3n) is 10.5. The van der Waals surface area contributed by atoms with E-state index in [1.165, 1.54) is 86.7 Å². The summed E-state index contributed by atoms with van der Waals surface area (Å²) in [7, 11) is 0. The Balaban J connectivity index is 1.24. The number of aromatic nitrogens is 2. The molecule has 0 saturated heterocycles. The molecule has 0 fully saturated rings. The lowest BCUT2D eigenvalue weighted by atomic mass is 9.93. The molecule has 9 aromatic carbocycles. The van der Waals surface area contributed by atoms with Crippen LogP contribution in [0.5, 0.6) is 0 Å². The average molecular weight is 609 g/mol. The third kappa shape index (κ3) is 3.36. The van der Waals surface area contributed by atoms with E-state index in [4.69, 9.17) is 0 Å². The van der Waals surface area contributed by atoms with E-state index in [1.54, 1.807) is 0 Å². The van der Waals surface area contributed by atoms with Crippen LogP contribution in [0.15, 0.2) is 170 Å². The number of fused-ring (bicyclic) bond motifs is 15. The van der Waals surface area contributed by atoms with Crippen LogP contribution in [0, 0.1) is 0 Å². The van der Waals surface area contributed by atoms with Crippen LogP contribution in [0.2, 0.25) is 0 Å². The second kappa shape index (κ2) is 9.57. The lowest BCUT2D eigenvalue weighted by Gasteiger charge is -2.15. The number of benzene rings is 9. The van der Waals surface area contributed by atoms with Gasteiger partial charge in [0.1, 0.15) is 0 Å². The van der Waals surface area contributed by atoms with Gasteiger partial charge in [0.25, 0.3) is 0 Å². The summed E-state index contributed by atoms with van der Waals surface area (Å²) in [6.45, 7) is 0. The van der Waals surface area contributed by atoms with Crippen molar-refractivity contribution in [2.75, 3.05) is 0 Å². The van der Waals surface area contributed by atoms with Gasteiger partial charge in [0.15, 0.2) is 0 Å². The van der Waals surface area contributed by atoms with Crippen molar-refractivity contribution in [1.29, 1.82) is 0 Å². The molecule has 0 aliphatic rings. The minimum Gasteiger partial charge on any atom is -0.309 e. The zero-order valence-electron chi connectivity index (χ0n) is 26.1. The Morgan fingerprint density at radius 2 is 0.708 bits per heavy atom. The average Bonchev–Trinajstić information content (AvgIpc) is 3.69. The molecule has 0 unspecified atom stereocenters. The van der Waals surface area contributed by atoms with E-state index in [0.29, 0.717) is 0 Å². The quantitative estimate of drug-likeness (QED) is 0.173. The molecule has 11 aromatic rings. The Kier molecular flexibility index (Phi) is 5.14. The molecule has 2 heteroatoms. The van der Waals surface area contributed by atoms with E-state index in [1.807, 2.05) is 0 Å². The van der Waals surface area contributed by atoms with Crippen LogP contribution < -0.4 is 0 Å². The largest absolute Gasteiger partial charge is 0.309 e. The minimum absolute atomic E-state index is 1.15. The highest BCUT2D eigenvalue weighted by molar-refractivity contribution is 6.36. The molecule has 0 N–H and O–H groups in total. The second-order valence-electron chi connectivity index (χ2n) is 12.9. The Bertz CT molecular complexity index is 3100. The standard InChI is InChI=1S/C46H28N2/c1-3-13-33-29(11-1)22-28-40-43(33)36-16-5-6-17-37(36)44-39-18-8-10-20-42(39)48(46(40)44)32-25-23-31(24-26-32)47-41-19-9-7-15-35(41)38-27-21-30-12-2-4-14-34(30)45(38)47/h1-28H. The van der Waals surface area contributed by atoms with Gasteiger partial charge in [-0.05, 0) is 68.7 Å². The van der Waals surface area contributed by atoms with E-state index in [-0.39, 0.29) is 0 Å². The van der Waals surface area contributed by atoms with Crippen molar-refractivity contribution in [2.24, 2.45) is 0 Å². The van der Waals surface area contributed by atoms with Crippen LogP contribution >= 0.6 is 0 Å². The summed E-state index contributed by atoms with van der Waals surface area (Å²) in [6.07, 6.45) is 0. The van der Waals surface area contributed by atoms with E-state index in [2.05, 4.69) is 179 Å². The number of hydrogen-bond acceptors (Lipinski definition) is 0. The maximum Gasteiger partial charge on any atom is 0.0626 e. The smallest absolute Gasteiger partial charge is 0.0626 e. The monoisotopic (exact) mass is 608 g/mol. The van der Waals surface area contributed by atoms with Crippen molar-refractivity contribution < 1.29 is 0 Å². The van der Waals surface area contributed by atoms with E-state index >= 15 is 0 Å². The summed E-state index contributed by atoms with van der Waals surface area (Å²) in [4.78, 5) is 0. The zero-order valence-corrected chi connectivity index (χ0v) is 26.1. The minimum atomic E-state index is 1.15. The Labute approximate surface area is 276 Å². The van der Waals surface area contributed by atoms with Crippen LogP contribution in [0.3, 0.4) is 0 Å².